The number of hydrogen-bond donors (Lipinski definition) is 0. The van der Waals surface area contributed by atoms with Gasteiger partial charge in [-0.3, -0.25) is 4.79 Å². The lowest BCUT2D eigenvalue weighted by Gasteiger charge is -2.23. The van der Waals surface area contributed by atoms with Crippen LogP contribution in [0, 0.1) is 5.92 Å². The zero-order valence-corrected chi connectivity index (χ0v) is 18.8. The van der Waals surface area contributed by atoms with Crippen LogP contribution in [0.2, 0.25) is 0 Å². The maximum Gasteiger partial charge on any atom is 0.243 e. The molecule has 0 radical (unpaired) electrons. The molecule has 1 aliphatic rings. The van der Waals surface area contributed by atoms with Gasteiger partial charge in [0.1, 0.15) is 12.4 Å². The van der Waals surface area contributed by atoms with Gasteiger partial charge in [-0.05, 0) is 30.7 Å². The minimum atomic E-state index is -3.68. The number of sulfone groups is 1. The summed E-state index contributed by atoms with van der Waals surface area (Å²) in [5.74, 6) is 0.320. The van der Waals surface area contributed by atoms with Crippen molar-refractivity contribution in [1.29, 1.82) is 0 Å². The molecule has 0 aromatic heterocycles. The van der Waals surface area contributed by atoms with Crippen molar-refractivity contribution in [3.05, 3.63) is 24.3 Å². The predicted octanol–water partition coefficient (Wildman–Crippen LogP) is 1.38. The molecule has 0 saturated carbocycles. The first-order chi connectivity index (χ1) is 13.6. The Balaban J connectivity index is 2.01. The van der Waals surface area contributed by atoms with E-state index in [0.717, 1.165) is 0 Å². The molecule has 0 unspecified atom stereocenters. The number of carbonyl (C=O) groups excluding carboxylic acids is 1. The fourth-order valence-corrected chi connectivity index (χ4v) is 5.10. The molecule has 0 atom stereocenters. The Hall–Kier alpha value is -1.65. The molecule has 0 bridgehead atoms. The highest BCUT2D eigenvalue weighted by molar-refractivity contribution is 7.91. The number of carbonyl (C=O) groups is 1. The number of nitrogens with zero attached hydrogens (tertiary/aromatic N) is 2. The van der Waals surface area contributed by atoms with Gasteiger partial charge in [0, 0.05) is 37.8 Å². The largest absolute Gasteiger partial charge is 0.493 e. The number of ether oxygens (including phenoxy) is 1. The minimum absolute atomic E-state index is 0.0219. The number of benzene rings is 1. The second kappa shape index (κ2) is 9.90. The molecule has 1 saturated heterocycles. The van der Waals surface area contributed by atoms with E-state index in [1.54, 1.807) is 11.8 Å². The molecule has 1 aliphatic heterocycles. The minimum Gasteiger partial charge on any atom is -0.493 e. The van der Waals surface area contributed by atoms with E-state index in [1.165, 1.54) is 28.6 Å². The molecule has 2 rings (SSSR count). The molecule has 1 amide bonds. The van der Waals surface area contributed by atoms with Crippen LogP contribution in [0.4, 0.5) is 0 Å². The smallest absolute Gasteiger partial charge is 0.243 e. The first-order valence-electron chi connectivity index (χ1n) is 9.79. The fraction of sp³-hybridized carbons (Fsp3) is 0.632. The molecule has 1 fully saturated rings. The fourth-order valence-electron chi connectivity index (χ4n) is 3.01. The van der Waals surface area contributed by atoms with Crippen LogP contribution in [0.5, 0.6) is 5.75 Å². The van der Waals surface area contributed by atoms with E-state index in [-0.39, 0.29) is 41.4 Å². The Morgan fingerprint density at radius 3 is 2.28 bits per heavy atom. The maximum atomic E-state index is 12.9. The molecule has 0 spiro atoms. The summed E-state index contributed by atoms with van der Waals surface area (Å²) in [5.41, 5.74) is 0. The highest BCUT2D eigenvalue weighted by atomic mass is 32.2. The molecule has 1 heterocycles. The van der Waals surface area contributed by atoms with Crippen molar-refractivity contribution in [3.63, 3.8) is 0 Å². The maximum absolute atomic E-state index is 12.9. The van der Waals surface area contributed by atoms with Gasteiger partial charge >= 0.3 is 0 Å². The van der Waals surface area contributed by atoms with Crippen LogP contribution in [0.1, 0.15) is 27.2 Å². The summed E-state index contributed by atoms with van der Waals surface area (Å²) in [6.45, 7) is 6.82. The summed E-state index contributed by atoms with van der Waals surface area (Å²) in [6, 6.07) is 5.97. The monoisotopic (exact) mass is 446 g/mol. The second-order valence-electron chi connectivity index (χ2n) is 7.29. The average Bonchev–Trinajstić information content (AvgIpc) is 2.94. The summed E-state index contributed by atoms with van der Waals surface area (Å²) in [5, 5.41) is 0. The number of rotatable bonds is 8. The van der Waals surface area contributed by atoms with Crippen LogP contribution >= 0.6 is 0 Å². The molecule has 0 N–H and O–H groups in total. The van der Waals surface area contributed by atoms with Crippen molar-refractivity contribution in [1.82, 2.24) is 9.21 Å². The number of sulfonamides is 1. The average molecular weight is 447 g/mol. The van der Waals surface area contributed by atoms with Crippen molar-refractivity contribution in [2.45, 2.75) is 32.1 Å². The lowest BCUT2D eigenvalue weighted by atomic mass is 10.2. The predicted molar refractivity (Wildman–Crippen MR) is 111 cm³/mol. The van der Waals surface area contributed by atoms with Gasteiger partial charge in [-0.25, -0.2) is 16.8 Å². The van der Waals surface area contributed by atoms with Gasteiger partial charge in [0.15, 0.2) is 9.84 Å². The Labute approximate surface area is 173 Å². The third-order valence-electron chi connectivity index (χ3n) is 4.82. The Bertz CT molecular complexity index is 895. The first-order valence-corrected chi connectivity index (χ1v) is 13.0. The normalized spacial score (nSPS) is 16.6. The lowest BCUT2D eigenvalue weighted by Crippen LogP contribution is -2.38. The molecule has 29 heavy (non-hydrogen) atoms. The van der Waals surface area contributed by atoms with Gasteiger partial charge in [-0.1, -0.05) is 20.8 Å². The van der Waals surface area contributed by atoms with Crippen molar-refractivity contribution >= 4 is 25.8 Å². The second-order valence-corrected chi connectivity index (χ2v) is 11.7. The Kier molecular flexibility index (Phi) is 8.07. The molecule has 1 aromatic rings. The summed E-state index contributed by atoms with van der Waals surface area (Å²) in [4.78, 5) is 14.1. The number of hydrogen-bond acceptors (Lipinski definition) is 6. The Morgan fingerprint density at radius 2 is 1.69 bits per heavy atom. The molecule has 10 heteroatoms. The first kappa shape index (κ1) is 23.6. The highest BCUT2D eigenvalue weighted by Gasteiger charge is 2.28. The Morgan fingerprint density at radius 1 is 1.03 bits per heavy atom. The third kappa shape index (κ3) is 6.42. The van der Waals surface area contributed by atoms with Gasteiger partial charge in [-0.15, -0.1) is 0 Å². The SMILES string of the molecule is CCS(=O)(=O)CCOc1ccc(S(=O)(=O)N2CCCN(C(=O)C(C)C)CC2)cc1. The van der Waals surface area contributed by atoms with Gasteiger partial charge in [0.25, 0.3) is 0 Å². The van der Waals surface area contributed by atoms with Crippen LogP contribution in [0.15, 0.2) is 29.2 Å². The summed E-state index contributed by atoms with van der Waals surface area (Å²) < 4.78 is 55.7. The zero-order chi connectivity index (χ0) is 21.7. The van der Waals surface area contributed by atoms with E-state index < -0.39 is 19.9 Å². The van der Waals surface area contributed by atoms with E-state index in [2.05, 4.69) is 0 Å². The quantitative estimate of drug-likeness (QED) is 0.598. The van der Waals surface area contributed by atoms with Crippen LogP contribution in [-0.2, 0) is 24.7 Å². The van der Waals surface area contributed by atoms with E-state index in [4.69, 9.17) is 4.74 Å². The molecular weight excluding hydrogens is 416 g/mol. The zero-order valence-electron chi connectivity index (χ0n) is 17.2. The van der Waals surface area contributed by atoms with Crippen molar-refractivity contribution in [3.8, 4) is 5.75 Å². The van der Waals surface area contributed by atoms with Crippen LogP contribution in [0.25, 0.3) is 0 Å². The molecule has 8 nitrogen and oxygen atoms in total. The van der Waals surface area contributed by atoms with Gasteiger partial charge in [0.2, 0.25) is 15.9 Å². The van der Waals surface area contributed by atoms with Crippen molar-refractivity contribution < 1.29 is 26.4 Å². The van der Waals surface area contributed by atoms with Crippen LogP contribution in [-0.4, -0.2) is 76.2 Å². The molecule has 0 aliphatic carbocycles. The number of amides is 1. The van der Waals surface area contributed by atoms with E-state index in [1.807, 2.05) is 13.8 Å². The molecule has 1 aromatic carbocycles. The summed E-state index contributed by atoms with van der Waals surface area (Å²) in [7, 11) is -6.79. The highest BCUT2D eigenvalue weighted by Crippen LogP contribution is 2.21. The third-order valence-corrected chi connectivity index (χ3v) is 8.41. The van der Waals surface area contributed by atoms with Crippen LogP contribution in [0.3, 0.4) is 0 Å². The summed E-state index contributed by atoms with van der Waals surface area (Å²) in [6.07, 6.45) is 0.588. The van der Waals surface area contributed by atoms with Gasteiger partial charge in [-0.2, -0.15) is 4.31 Å². The topological polar surface area (TPSA) is 101 Å². The molecule has 164 valence electrons. The van der Waals surface area contributed by atoms with E-state index in [0.29, 0.717) is 31.8 Å². The van der Waals surface area contributed by atoms with Gasteiger partial charge < -0.3 is 9.64 Å². The van der Waals surface area contributed by atoms with E-state index in [9.17, 15) is 21.6 Å². The van der Waals surface area contributed by atoms with Crippen LogP contribution < -0.4 is 4.74 Å². The van der Waals surface area contributed by atoms with Crippen molar-refractivity contribution in [2.24, 2.45) is 5.92 Å². The molecular formula is C19H30N2O6S2. The standard InChI is InChI=1S/C19H30N2O6S2/c1-4-28(23,24)15-14-27-17-6-8-18(9-7-17)29(25,26)21-11-5-10-20(12-13-21)19(22)16(2)3/h6-9,16H,4-5,10-15H2,1-3H3. The van der Waals surface area contributed by atoms with Crippen molar-refractivity contribution in [2.75, 3.05) is 44.3 Å². The lowest BCUT2D eigenvalue weighted by molar-refractivity contribution is -0.134. The van der Waals surface area contributed by atoms with E-state index >= 15 is 0 Å². The van der Waals surface area contributed by atoms with Gasteiger partial charge in [0.05, 0.1) is 10.6 Å². The summed E-state index contributed by atoms with van der Waals surface area (Å²) >= 11 is 0.